The zero-order valence-electron chi connectivity index (χ0n) is 11.7. The summed E-state index contributed by atoms with van der Waals surface area (Å²) in [6.45, 7) is 0. The third-order valence-electron chi connectivity index (χ3n) is 4.15. The van der Waals surface area contributed by atoms with Crippen molar-refractivity contribution in [3.8, 4) is 5.75 Å². The average Bonchev–Trinajstić information content (AvgIpc) is 3.00. The van der Waals surface area contributed by atoms with Gasteiger partial charge in [-0.15, -0.1) is 0 Å². The van der Waals surface area contributed by atoms with Crippen molar-refractivity contribution >= 4 is 21.9 Å². The van der Waals surface area contributed by atoms with Crippen LogP contribution in [0.1, 0.15) is 25.7 Å². The minimum absolute atomic E-state index is 0.0132. The lowest BCUT2D eigenvalue weighted by Gasteiger charge is -2.13. The number of hydrogen-bond acceptors (Lipinski definition) is 3. The molecule has 3 aromatic rings. The molecular weight excluding hydrogens is 264 g/mol. The molecule has 0 aliphatic heterocycles. The first kappa shape index (κ1) is 12.5. The molecule has 0 bridgehead atoms. The SMILES string of the molecule is O=c1c2ccccc2oc2cc(OC3CCCC3)ccc12. The van der Waals surface area contributed by atoms with E-state index < -0.39 is 0 Å². The van der Waals surface area contributed by atoms with Crippen LogP contribution in [0.2, 0.25) is 0 Å². The fourth-order valence-electron chi connectivity index (χ4n) is 3.05. The summed E-state index contributed by atoms with van der Waals surface area (Å²) in [5, 5.41) is 1.22. The summed E-state index contributed by atoms with van der Waals surface area (Å²) in [5.74, 6) is 0.785. The fraction of sp³-hybridized carbons (Fsp3) is 0.278. The summed E-state index contributed by atoms with van der Waals surface area (Å²) < 4.78 is 11.8. The van der Waals surface area contributed by atoms with E-state index in [-0.39, 0.29) is 5.43 Å². The quantitative estimate of drug-likeness (QED) is 0.658. The number of fused-ring (bicyclic) bond motifs is 2. The van der Waals surface area contributed by atoms with Gasteiger partial charge in [-0.05, 0) is 49.9 Å². The first-order valence-electron chi connectivity index (χ1n) is 7.43. The molecule has 2 aromatic carbocycles. The van der Waals surface area contributed by atoms with Crippen molar-refractivity contribution in [3.63, 3.8) is 0 Å². The molecule has 0 spiro atoms. The van der Waals surface area contributed by atoms with Gasteiger partial charge in [0.15, 0.2) is 0 Å². The van der Waals surface area contributed by atoms with Crippen LogP contribution in [0.3, 0.4) is 0 Å². The summed E-state index contributed by atoms with van der Waals surface area (Å²) >= 11 is 0. The van der Waals surface area contributed by atoms with Gasteiger partial charge in [-0.3, -0.25) is 4.79 Å². The number of ether oxygens (including phenoxy) is 1. The lowest BCUT2D eigenvalue weighted by Crippen LogP contribution is -2.11. The van der Waals surface area contributed by atoms with Crippen molar-refractivity contribution in [1.29, 1.82) is 0 Å². The van der Waals surface area contributed by atoms with E-state index in [4.69, 9.17) is 9.15 Å². The minimum atomic E-state index is 0.0132. The van der Waals surface area contributed by atoms with Crippen molar-refractivity contribution in [2.75, 3.05) is 0 Å². The maximum Gasteiger partial charge on any atom is 0.200 e. The molecule has 0 saturated heterocycles. The first-order chi connectivity index (χ1) is 10.3. The molecular formula is C18H16O3. The normalized spacial score (nSPS) is 15.8. The summed E-state index contributed by atoms with van der Waals surface area (Å²) in [6.07, 6.45) is 4.99. The highest BCUT2D eigenvalue weighted by Gasteiger charge is 2.17. The predicted octanol–water partition coefficient (Wildman–Crippen LogP) is 4.27. The van der Waals surface area contributed by atoms with Crippen LogP contribution in [0, 0.1) is 0 Å². The lowest BCUT2D eigenvalue weighted by molar-refractivity contribution is 0.210. The Morgan fingerprint density at radius 2 is 1.71 bits per heavy atom. The van der Waals surface area contributed by atoms with Crippen LogP contribution in [-0.4, -0.2) is 6.10 Å². The monoisotopic (exact) mass is 280 g/mol. The first-order valence-corrected chi connectivity index (χ1v) is 7.43. The largest absolute Gasteiger partial charge is 0.490 e. The summed E-state index contributed by atoms with van der Waals surface area (Å²) in [6, 6.07) is 12.8. The Bertz CT molecular complexity index is 857. The van der Waals surface area contributed by atoms with E-state index in [0.29, 0.717) is 28.0 Å². The molecule has 21 heavy (non-hydrogen) atoms. The fourth-order valence-corrected chi connectivity index (χ4v) is 3.05. The Balaban J connectivity index is 1.83. The zero-order valence-corrected chi connectivity index (χ0v) is 11.7. The van der Waals surface area contributed by atoms with E-state index in [9.17, 15) is 4.79 Å². The maximum absolute atomic E-state index is 12.4. The van der Waals surface area contributed by atoms with Crippen LogP contribution in [0.5, 0.6) is 5.75 Å². The molecule has 0 N–H and O–H groups in total. The standard InChI is InChI=1S/C18H16O3/c19-18-14-7-3-4-8-16(14)21-17-11-13(9-10-15(17)18)20-12-5-1-2-6-12/h3-4,7-12H,1-2,5-6H2. The molecule has 1 saturated carbocycles. The van der Waals surface area contributed by atoms with Crippen molar-refractivity contribution in [2.24, 2.45) is 0 Å². The van der Waals surface area contributed by atoms with Gasteiger partial charge in [0, 0.05) is 6.07 Å². The van der Waals surface area contributed by atoms with Crippen LogP contribution >= 0.6 is 0 Å². The average molecular weight is 280 g/mol. The van der Waals surface area contributed by atoms with Gasteiger partial charge in [-0.25, -0.2) is 0 Å². The molecule has 0 amide bonds. The molecule has 3 heteroatoms. The second kappa shape index (κ2) is 4.92. The third kappa shape index (κ3) is 2.19. The highest BCUT2D eigenvalue weighted by Crippen LogP contribution is 2.27. The Hall–Kier alpha value is -2.29. The summed E-state index contributed by atoms with van der Waals surface area (Å²) in [4.78, 5) is 12.4. The number of para-hydroxylation sites is 1. The van der Waals surface area contributed by atoms with E-state index in [1.807, 2.05) is 30.3 Å². The number of hydrogen-bond donors (Lipinski definition) is 0. The summed E-state index contributed by atoms with van der Waals surface area (Å²) in [5.41, 5.74) is 1.22. The second-order valence-corrected chi connectivity index (χ2v) is 5.61. The molecule has 1 aliphatic rings. The van der Waals surface area contributed by atoms with E-state index in [0.717, 1.165) is 18.6 Å². The van der Waals surface area contributed by atoms with Gasteiger partial charge in [-0.1, -0.05) is 12.1 Å². The van der Waals surface area contributed by atoms with Gasteiger partial charge in [-0.2, -0.15) is 0 Å². The minimum Gasteiger partial charge on any atom is -0.490 e. The Kier molecular flexibility index (Phi) is 2.92. The van der Waals surface area contributed by atoms with Crippen LogP contribution in [0.4, 0.5) is 0 Å². The second-order valence-electron chi connectivity index (χ2n) is 5.61. The zero-order chi connectivity index (χ0) is 14.2. The van der Waals surface area contributed by atoms with Gasteiger partial charge in [0.2, 0.25) is 5.43 Å². The molecule has 4 rings (SSSR count). The molecule has 0 radical (unpaired) electrons. The molecule has 1 aliphatic carbocycles. The van der Waals surface area contributed by atoms with Gasteiger partial charge < -0.3 is 9.15 Å². The van der Waals surface area contributed by atoms with Gasteiger partial charge >= 0.3 is 0 Å². The molecule has 0 unspecified atom stereocenters. The molecule has 106 valence electrons. The molecule has 1 heterocycles. The Morgan fingerprint density at radius 1 is 0.952 bits per heavy atom. The van der Waals surface area contributed by atoms with Crippen molar-refractivity contribution in [2.45, 2.75) is 31.8 Å². The van der Waals surface area contributed by atoms with Crippen LogP contribution in [0.25, 0.3) is 21.9 Å². The van der Waals surface area contributed by atoms with Crippen molar-refractivity contribution < 1.29 is 9.15 Å². The van der Waals surface area contributed by atoms with Gasteiger partial charge in [0.05, 0.1) is 16.9 Å². The molecule has 3 nitrogen and oxygen atoms in total. The molecule has 1 aromatic heterocycles. The van der Waals surface area contributed by atoms with Crippen LogP contribution in [0.15, 0.2) is 51.7 Å². The predicted molar refractivity (Wildman–Crippen MR) is 82.9 cm³/mol. The lowest BCUT2D eigenvalue weighted by atomic mass is 10.1. The smallest absolute Gasteiger partial charge is 0.200 e. The number of benzene rings is 2. The molecule has 1 fully saturated rings. The van der Waals surface area contributed by atoms with Crippen molar-refractivity contribution in [3.05, 3.63) is 52.7 Å². The highest BCUT2D eigenvalue weighted by atomic mass is 16.5. The van der Waals surface area contributed by atoms with Crippen LogP contribution in [-0.2, 0) is 0 Å². The van der Waals surface area contributed by atoms with Gasteiger partial charge in [0.1, 0.15) is 16.9 Å². The van der Waals surface area contributed by atoms with Crippen LogP contribution < -0.4 is 10.2 Å². The Labute approximate surface area is 122 Å². The topological polar surface area (TPSA) is 39.4 Å². The van der Waals surface area contributed by atoms with E-state index in [2.05, 4.69) is 0 Å². The van der Waals surface area contributed by atoms with E-state index in [1.54, 1.807) is 12.1 Å². The van der Waals surface area contributed by atoms with E-state index in [1.165, 1.54) is 12.8 Å². The molecule has 0 atom stereocenters. The van der Waals surface area contributed by atoms with Gasteiger partial charge in [0.25, 0.3) is 0 Å². The maximum atomic E-state index is 12.4. The number of rotatable bonds is 2. The van der Waals surface area contributed by atoms with Crippen molar-refractivity contribution in [1.82, 2.24) is 0 Å². The third-order valence-corrected chi connectivity index (χ3v) is 4.15. The Morgan fingerprint density at radius 3 is 2.57 bits per heavy atom. The van der Waals surface area contributed by atoms with E-state index >= 15 is 0 Å². The highest BCUT2D eigenvalue weighted by molar-refractivity contribution is 5.90. The summed E-state index contributed by atoms with van der Waals surface area (Å²) in [7, 11) is 0.